The fourth-order valence-electron chi connectivity index (χ4n) is 2.24. The zero-order valence-corrected chi connectivity index (χ0v) is 11.6. The predicted octanol–water partition coefficient (Wildman–Crippen LogP) is 2.43. The van der Waals surface area contributed by atoms with Crippen LogP contribution in [0.5, 0.6) is 5.75 Å². The largest absolute Gasteiger partial charge is 0.506 e. The average Bonchev–Trinajstić information content (AvgIpc) is 2.37. The molecule has 0 amide bonds. The summed E-state index contributed by atoms with van der Waals surface area (Å²) in [6.07, 6.45) is 1.74. The van der Waals surface area contributed by atoms with Gasteiger partial charge in [0.1, 0.15) is 11.6 Å². The molecular formula is C13H16BrFN2O. The molecule has 0 spiro atoms. The quantitative estimate of drug-likeness (QED) is 0.841. The van der Waals surface area contributed by atoms with Gasteiger partial charge in [0.15, 0.2) is 0 Å². The van der Waals surface area contributed by atoms with Crippen LogP contribution >= 0.6 is 15.9 Å². The zero-order valence-electron chi connectivity index (χ0n) is 10.00. The zero-order chi connectivity index (χ0) is 13.1. The summed E-state index contributed by atoms with van der Waals surface area (Å²) in [5.74, 6) is -0.281. The SMILES string of the molecule is C=C[C@@H](c1cc(F)cc(Br)c1O)N1CCNCC1. The predicted molar refractivity (Wildman–Crippen MR) is 73.1 cm³/mol. The second kappa shape index (κ2) is 5.82. The molecule has 2 rings (SSSR count). The number of nitrogens with zero attached hydrogens (tertiary/aromatic N) is 1. The molecule has 0 bridgehead atoms. The van der Waals surface area contributed by atoms with Crippen molar-refractivity contribution in [3.63, 3.8) is 0 Å². The van der Waals surface area contributed by atoms with Gasteiger partial charge in [0, 0.05) is 31.7 Å². The molecule has 3 nitrogen and oxygen atoms in total. The highest BCUT2D eigenvalue weighted by molar-refractivity contribution is 9.10. The van der Waals surface area contributed by atoms with Crippen molar-refractivity contribution >= 4 is 15.9 Å². The number of piperazine rings is 1. The number of nitrogens with one attached hydrogen (secondary N) is 1. The molecule has 0 unspecified atom stereocenters. The van der Waals surface area contributed by atoms with E-state index in [0.717, 1.165) is 26.2 Å². The van der Waals surface area contributed by atoms with Crippen molar-refractivity contribution in [1.29, 1.82) is 0 Å². The monoisotopic (exact) mass is 314 g/mol. The smallest absolute Gasteiger partial charge is 0.135 e. The highest BCUT2D eigenvalue weighted by Gasteiger charge is 2.23. The number of hydrogen-bond donors (Lipinski definition) is 2. The summed E-state index contributed by atoms with van der Waals surface area (Å²) in [7, 11) is 0. The Morgan fingerprint density at radius 2 is 2.11 bits per heavy atom. The molecule has 1 saturated heterocycles. The summed E-state index contributed by atoms with van der Waals surface area (Å²) in [4.78, 5) is 2.17. The van der Waals surface area contributed by atoms with Gasteiger partial charge in [-0.05, 0) is 28.1 Å². The lowest BCUT2D eigenvalue weighted by atomic mass is 10.0. The van der Waals surface area contributed by atoms with Crippen molar-refractivity contribution in [3.8, 4) is 5.75 Å². The van der Waals surface area contributed by atoms with E-state index in [1.807, 2.05) is 0 Å². The van der Waals surface area contributed by atoms with Gasteiger partial charge in [-0.15, -0.1) is 6.58 Å². The Balaban J connectivity index is 2.34. The van der Waals surface area contributed by atoms with E-state index in [0.29, 0.717) is 10.0 Å². The van der Waals surface area contributed by atoms with Gasteiger partial charge in [-0.2, -0.15) is 0 Å². The fraction of sp³-hybridized carbons (Fsp3) is 0.385. The Hall–Kier alpha value is -0.910. The van der Waals surface area contributed by atoms with Crippen LogP contribution in [0.15, 0.2) is 29.3 Å². The molecule has 1 aliphatic rings. The summed E-state index contributed by atoms with van der Waals surface area (Å²) < 4.78 is 13.8. The third-order valence-electron chi connectivity index (χ3n) is 3.14. The Morgan fingerprint density at radius 3 is 2.72 bits per heavy atom. The Labute approximate surface area is 114 Å². The Kier molecular flexibility index (Phi) is 4.37. The van der Waals surface area contributed by atoms with Crippen LogP contribution in [-0.4, -0.2) is 36.2 Å². The van der Waals surface area contributed by atoms with Gasteiger partial charge in [0.2, 0.25) is 0 Å². The van der Waals surface area contributed by atoms with Crippen molar-refractivity contribution in [2.45, 2.75) is 6.04 Å². The minimum absolute atomic E-state index is 0.0832. The van der Waals surface area contributed by atoms with E-state index in [1.54, 1.807) is 6.08 Å². The van der Waals surface area contributed by atoms with Crippen LogP contribution in [0, 0.1) is 5.82 Å². The van der Waals surface area contributed by atoms with Gasteiger partial charge in [0.05, 0.1) is 10.5 Å². The van der Waals surface area contributed by atoms with E-state index < -0.39 is 0 Å². The van der Waals surface area contributed by atoms with Gasteiger partial charge in [-0.1, -0.05) is 6.08 Å². The van der Waals surface area contributed by atoms with Crippen LogP contribution in [0.3, 0.4) is 0 Å². The molecule has 1 atom stereocenters. The summed E-state index contributed by atoms with van der Waals surface area (Å²) in [5.41, 5.74) is 0.554. The normalized spacial score (nSPS) is 18.6. The average molecular weight is 315 g/mol. The first-order valence-electron chi connectivity index (χ1n) is 5.88. The molecule has 1 heterocycles. The highest BCUT2D eigenvalue weighted by Crippen LogP contribution is 2.36. The molecule has 1 fully saturated rings. The number of halogens is 2. The van der Waals surface area contributed by atoms with E-state index in [1.165, 1.54) is 12.1 Å². The third kappa shape index (κ3) is 2.74. The number of benzene rings is 1. The minimum Gasteiger partial charge on any atom is -0.506 e. The Morgan fingerprint density at radius 1 is 1.44 bits per heavy atom. The number of phenols is 1. The number of rotatable bonds is 3. The number of aromatic hydroxyl groups is 1. The lowest BCUT2D eigenvalue weighted by Gasteiger charge is -2.33. The lowest BCUT2D eigenvalue weighted by Crippen LogP contribution is -2.44. The van der Waals surface area contributed by atoms with E-state index in [2.05, 4.69) is 32.7 Å². The molecule has 2 N–H and O–H groups in total. The van der Waals surface area contributed by atoms with Crippen LogP contribution in [0.2, 0.25) is 0 Å². The van der Waals surface area contributed by atoms with E-state index >= 15 is 0 Å². The number of hydrogen-bond acceptors (Lipinski definition) is 3. The standard InChI is InChI=1S/C13H16BrFN2O/c1-2-12(17-5-3-16-4-6-17)10-7-9(15)8-11(14)13(10)18/h2,7-8,12,16,18H,1,3-6H2/t12-/m0/s1. The second-order valence-corrected chi connectivity index (χ2v) is 5.15. The summed E-state index contributed by atoms with van der Waals surface area (Å²) in [6.45, 7) is 7.29. The van der Waals surface area contributed by atoms with Crippen molar-refractivity contribution in [1.82, 2.24) is 10.2 Å². The maximum atomic E-state index is 13.5. The maximum absolute atomic E-state index is 13.5. The number of phenolic OH excluding ortho intramolecular Hbond substituents is 1. The van der Waals surface area contributed by atoms with Gasteiger partial charge in [0.25, 0.3) is 0 Å². The van der Waals surface area contributed by atoms with Crippen LogP contribution < -0.4 is 5.32 Å². The van der Waals surface area contributed by atoms with Gasteiger partial charge in [-0.25, -0.2) is 4.39 Å². The second-order valence-electron chi connectivity index (χ2n) is 4.29. The van der Waals surface area contributed by atoms with Gasteiger partial charge < -0.3 is 10.4 Å². The Bertz CT molecular complexity index is 447. The molecule has 1 aromatic carbocycles. The van der Waals surface area contributed by atoms with Crippen LogP contribution in [0.1, 0.15) is 11.6 Å². The first kappa shape index (κ1) is 13.5. The highest BCUT2D eigenvalue weighted by atomic mass is 79.9. The van der Waals surface area contributed by atoms with Crippen molar-refractivity contribution in [3.05, 3.63) is 40.6 Å². The molecule has 0 aromatic heterocycles. The summed E-state index contributed by atoms with van der Waals surface area (Å²) in [6, 6.07) is 2.46. The topological polar surface area (TPSA) is 35.5 Å². The molecule has 18 heavy (non-hydrogen) atoms. The van der Waals surface area contributed by atoms with E-state index in [4.69, 9.17) is 0 Å². The molecular weight excluding hydrogens is 299 g/mol. The molecule has 0 radical (unpaired) electrons. The summed E-state index contributed by atoms with van der Waals surface area (Å²) in [5, 5.41) is 13.3. The van der Waals surface area contributed by atoms with E-state index in [9.17, 15) is 9.50 Å². The fourth-order valence-corrected chi connectivity index (χ4v) is 2.69. The lowest BCUT2D eigenvalue weighted by molar-refractivity contribution is 0.200. The third-order valence-corrected chi connectivity index (χ3v) is 3.75. The van der Waals surface area contributed by atoms with Crippen LogP contribution in [0.4, 0.5) is 4.39 Å². The molecule has 5 heteroatoms. The molecule has 1 aromatic rings. The first-order chi connectivity index (χ1) is 8.63. The van der Waals surface area contributed by atoms with Gasteiger partial charge in [-0.3, -0.25) is 4.90 Å². The first-order valence-corrected chi connectivity index (χ1v) is 6.68. The van der Waals surface area contributed by atoms with Crippen molar-refractivity contribution in [2.75, 3.05) is 26.2 Å². The molecule has 98 valence electrons. The van der Waals surface area contributed by atoms with Crippen LogP contribution in [0.25, 0.3) is 0 Å². The van der Waals surface area contributed by atoms with Gasteiger partial charge >= 0.3 is 0 Å². The van der Waals surface area contributed by atoms with Crippen molar-refractivity contribution < 1.29 is 9.50 Å². The summed E-state index contributed by atoms with van der Waals surface area (Å²) >= 11 is 3.16. The minimum atomic E-state index is -0.364. The molecule has 1 aliphatic heterocycles. The molecule has 0 aliphatic carbocycles. The van der Waals surface area contributed by atoms with Crippen LogP contribution in [-0.2, 0) is 0 Å². The maximum Gasteiger partial charge on any atom is 0.135 e. The van der Waals surface area contributed by atoms with Crippen molar-refractivity contribution in [2.24, 2.45) is 0 Å². The van der Waals surface area contributed by atoms with E-state index in [-0.39, 0.29) is 17.6 Å². The molecule has 0 saturated carbocycles.